The third kappa shape index (κ3) is 2.26. The van der Waals surface area contributed by atoms with E-state index in [1.54, 1.807) is 6.07 Å². The molecule has 20 heavy (non-hydrogen) atoms. The Morgan fingerprint density at radius 1 is 1.10 bits per heavy atom. The predicted octanol–water partition coefficient (Wildman–Crippen LogP) is 4.39. The molecule has 1 heterocycles. The molecule has 0 aromatic heterocycles. The van der Waals surface area contributed by atoms with Gasteiger partial charge in [-0.2, -0.15) is 0 Å². The standard InChI is InChI=1S/C18H20O2/c1-12-10-13(19)8-9-14(12)16-11-18(2,3)20-17-7-5-4-6-15(16)17/h4-10,16,19H,11H2,1-3H3. The quantitative estimate of drug-likeness (QED) is 0.831. The zero-order chi connectivity index (χ0) is 14.3. The molecule has 0 saturated carbocycles. The fourth-order valence-electron chi connectivity index (χ4n) is 3.13. The van der Waals surface area contributed by atoms with Crippen molar-refractivity contribution in [1.82, 2.24) is 0 Å². The highest BCUT2D eigenvalue weighted by atomic mass is 16.5. The molecule has 0 fully saturated rings. The minimum absolute atomic E-state index is 0.177. The summed E-state index contributed by atoms with van der Waals surface area (Å²) in [5.41, 5.74) is 3.46. The van der Waals surface area contributed by atoms with Crippen LogP contribution in [0, 0.1) is 6.92 Å². The molecule has 1 aliphatic heterocycles. The van der Waals surface area contributed by atoms with E-state index in [1.165, 1.54) is 11.1 Å². The number of phenols is 1. The lowest BCUT2D eigenvalue weighted by Gasteiger charge is -2.38. The molecule has 104 valence electrons. The third-order valence-corrected chi connectivity index (χ3v) is 4.01. The van der Waals surface area contributed by atoms with E-state index in [0.29, 0.717) is 11.7 Å². The van der Waals surface area contributed by atoms with Crippen LogP contribution in [0.4, 0.5) is 0 Å². The minimum atomic E-state index is -0.177. The SMILES string of the molecule is Cc1cc(O)ccc1C1CC(C)(C)Oc2ccccc21. The van der Waals surface area contributed by atoms with Gasteiger partial charge in [-0.3, -0.25) is 0 Å². The first-order valence-corrected chi connectivity index (χ1v) is 7.04. The highest BCUT2D eigenvalue weighted by Gasteiger charge is 2.34. The average Bonchev–Trinajstić information content (AvgIpc) is 2.37. The second-order valence-corrected chi connectivity index (χ2v) is 6.20. The van der Waals surface area contributed by atoms with E-state index < -0.39 is 0 Å². The Morgan fingerprint density at radius 3 is 2.60 bits per heavy atom. The molecule has 0 radical (unpaired) electrons. The van der Waals surface area contributed by atoms with Gasteiger partial charge in [-0.25, -0.2) is 0 Å². The third-order valence-electron chi connectivity index (χ3n) is 4.01. The van der Waals surface area contributed by atoms with Crippen LogP contribution in [0.3, 0.4) is 0 Å². The van der Waals surface area contributed by atoms with E-state index in [0.717, 1.165) is 17.7 Å². The molecule has 1 N–H and O–H groups in total. The number of rotatable bonds is 1. The number of aryl methyl sites for hydroxylation is 1. The van der Waals surface area contributed by atoms with Gasteiger partial charge in [0.25, 0.3) is 0 Å². The molecule has 2 aromatic rings. The molecule has 0 aliphatic carbocycles. The fraction of sp³-hybridized carbons (Fsp3) is 0.333. The lowest BCUT2D eigenvalue weighted by atomic mass is 9.79. The average molecular weight is 268 g/mol. The molecule has 2 nitrogen and oxygen atoms in total. The lowest BCUT2D eigenvalue weighted by Crippen LogP contribution is -2.35. The van der Waals surface area contributed by atoms with Crippen molar-refractivity contribution in [3.63, 3.8) is 0 Å². The van der Waals surface area contributed by atoms with Crippen LogP contribution < -0.4 is 4.74 Å². The van der Waals surface area contributed by atoms with Gasteiger partial charge >= 0.3 is 0 Å². The summed E-state index contributed by atoms with van der Waals surface area (Å²) < 4.78 is 6.09. The number of phenolic OH excluding ortho intramolecular Hbond substituents is 1. The van der Waals surface area contributed by atoms with Crippen molar-refractivity contribution in [3.05, 3.63) is 59.2 Å². The van der Waals surface area contributed by atoms with Crippen molar-refractivity contribution in [2.45, 2.75) is 38.7 Å². The largest absolute Gasteiger partial charge is 0.508 e. The summed E-state index contributed by atoms with van der Waals surface area (Å²) >= 11 is 0. The molecule has 1 aliphatic rings. The van der Waals surface area contributed by atoms with Gasteiger partial charge in [0.15, 0.2) is 0 Å². The number of benzene rings is 2. The number of aromatic hydroxyl groups is 1. The smallest absolute Gasteiger partial charge is 0.123 e. The van der Waals surface area contributed by atoms with Gasteiger partial charge in [-0.15, -0.1) is 0 Å². The summed E-state index contributed by atoms with van der Waals surface area (Å²) in [5.74, 6) is 1.61. The molecule has 0 saturated heterocycles. The van der Waals surface area contributed by atoms with Crippen LogP contribution in [0.1, 0.15) is 42.9 Å². The molecule has 2 heteroatoms. The van der Waals surface area contributed by atoms with E-state index in [1.807, 2.05) is 24.3 Å². The van der Waals surface area contributed by atoms with Gasteiger partial charge in [0.1, 0.15) is 17.1 Å². The minimum Gasteiger partial charge on any atom is -0.508 e. The van der Waals surface area contributed by atoms with Crippen LogP contribution in [-0.2, 0) is 0 Å². The second-order valence-electron chi connectivity index (χ2n) is 6.20. The van der Waals surface area contributed by atoms with Crippen molar-refractivity contribution in [2.24, 2.45) is 0 Å². The summed E-state index contributed by atoms with van der Waals surface area (Å²) in [4.78, 5) is 0. The molecular formula is C18H20O2. The van der Waals surface area contributed by atoms with E-state index in [9.17, 15) is 5.11 Å². The highest BCUT2D eigenvalue weighted by molar-refractivity contribution is 5.48. The Balaban J connectivity index is 2.13. The van der Waals surface area contributed by atoms with Crippen LogP contribution in [0.2, 0.25) is 0 Å². The Kier molecular flexibility index (Phi) is 2.97. The fourth-order valence-corrected chi connectivity index (χ4v) is 3.13. The van der Waals surface area contributed by atoms with E-state index in [-0.39, 0.29) is 5.60 Å². The monoisotopic (exact) mass is 268 g/mol. The van der Waals surface area contributed by atoms with Crippen LogP contribution in [0.25, 0.3) is 0 Å². The van der Waals surface area contributed by atoms with Gasteiger partial charge in [0, 0.05) is 11.5 Å². The molecule has 3 rings (SSSR count). The Bertz CT molecular complexity index is 644. The van der Waals surface area contributed by atoms with Crippen LogP contribution in [-0.4, -0.2) is 10.7 Å². The van der Waals surface area contributed by atoms with E-state index >= 15 is 0 Å². The van der Waals surface area contributed by atoms with Crippen molar-refractivity contribution < 1.29 is 9.84 Å². The summed E-state index contributed by atoms with van der Waals surface area (Å²) in [6.45, 7) is 6.32. The topological polar surface area (TPSA) is 29.5 Å². The number of hydrogen-bond donors (Lipinski definition) is 1. The maximum atomic E-state index is 9.61. The Labute approximate surface area is 120 Å². The predicted molar refractivity (Wildman–Crippen MR) is 80.5 cm³/mol. The first-order chi connectivity index (χ1) is 9.46. The molecule has 0 spiro atoms. The van der Waals surface area contributed by atoms with Crippen LogP contribution >= 0.6 is 0 Å². The van der Waals surface area contributed by atoms with Crippen LogP contribution in [0.15, 0.2) is 42.5 Å². The van der Waals surface area contributed by atoms with Crippen molar-refractivity contribution >= 4 is 0 Å². The van der Waals surface area contributed by atoms with Crippen LogP contribution in [0.5, 0.6) is 11.5 Å². The first kappa shape index (κ1) is 13.0. The zero-order valence-corrected chi connectivity index (χ0v) is 12.2. The van der Waals surface area contributed by atoms with Gasteiger partial charge < -0.3 is 9.84 Å². The van der Waals surface area contributed by atoms with Gasteiger partial charge in [0.05, 0.1) is 0 Å². The van der Waals surface area contributed by atoms with Gasteiger partial charge in [-0.1, -0.05) is 24.3 Å². The Hall–Kier alpha value is -1.96. The van der Waals surface area contributed by atoms with E-state index in [4.69, 9.17) is 4.74 Å². The molecule has 1 unspecified atom stereocenters. The lowest BCUT2D eigenvalue weighted by molar-refractivity contribution is 0.0774. The zero-order valence-electron chi connectivity index (χ0n) is 12.2. The van der Waals surface area contributed by atoms with Crippen molar-refractivity contribution in [1.29, 1.82) is 0 Å². The number of para-hydroxylation sites is 1. The number of fused-ring (bicyclic) bond motifs is 1. The Morgan fingerprint density at radius 2 is 1.85 bits per heavy atom. The molecule has 0 bridgehead atoms. The molecule has 2 aromatic carbocycles. The van der Waals surface area contributed by atoms with Gasteiger partial charge in [-0.05, 0) is 56.5 Å². The number of ether oxygens (including phenoxy) is 1. The summed E-state index contributed by atoms with van der Waals surface area (Å²) in [5, 5.41) is 9.61. The first-order valence-electron chi connectivity index (χ1n) is 7.04. The summed E-state index contributed by atoms with van der Waals surface area (Å²) in [6, 6.07) is 13.9. The van der Waals surface area contributed by atoms with Gasteiger partial charge in [0.2, 0.25) is 0 Å². The molecule has 1 atom stereocenters. The normalized spacial score (nSPS) is 20.1. The summed E-state index contributed by atoms with van der Waals surface area (Å²) in [6.07, 6.45) is 0.940. The van der Waals surface area contributed by atoms with E-state index in [2.05, 4.69) is 32.9 Å². The van der Waals surface area contributed by atoms with Crippen molar-refractivity contribution in [2.75, 3.05) is 0 Å². The summed E-state index contributed by atoms with van der Waals surface area (Å²) in [7, 11) is 0. The molecule has 0 amide bonds. The maximum absolute atomic E-state index is 9.61. The highest BCUT2D eigenvalue weighted by Crippen LogP contribution is 2.45. The second kappa shape index (κ2) is 4.55. The number of hydrogen-bond acceptors (Lipinski definition) is 2. The van der Waals surface area contributed by atoms with Crippen molar-refractivity contribution in [3.8, 4) is 11.5 Å². The molecular weight excluding hydrogens is 248 g/mol. The maximum Gasteiger partial charge on any atom is 0.123 e.